The summed E-state index contributed by atoms with van der Waals surface area (Å²) < 4.78 is 16.4. The first-order chi connectivity index (χ1) is 6.66. The van der Waals surface area contributed by atoms with Gasteiger partial charge in [0.2, 0.25) is 0 Å². The van der Waals surface area contributed by atoms with Crippen molar-refractivity contribution in [1.82, 2.24) is 4.98 Å². The Balaban J connectivity index is 1.78. The maximum Gasteiger partial charge on any atom is 0.273 e. The predicted octanol–water partition coefficient (Wildman–Crippen LogP) is 1.67. The Labute approximate surface area is 86.8 Å². The van der Waals surface area contributed by atoms with Crippen LogP contribution in [-0.4, -0.2) is 30.1 Å². The molecule has 1 saturated heterocycles. The maximum atomic E-state index is 5.58. The van der Waals surface area contributed by atoms with Crippen LogP contribution in [0.2, 0.25) is 0 Å². The molecule has 0 N–H and O–H groups in total. The molecule has 0 bridgehead atoms. The van der Waals surface area contributed by atoms with Crippen LogP contribution in [-0.2, 0) is 9.47 Å². The molecule has 1 aliphatic rings. The fourth-order valence-electron chi connectivity index (χ4n) is 1.29. The van der Waals surface area contributed by atoms with Crippen molar-refractivity contribution in [3.8, 4) is 5.19 Å². The molecule has 0 aromatic carbocycles. The normalized spacial score (nSPS) is 25.1. The van der Waals surface area contributed by atoms with Gasteiger partial charge in [0.15, 0.2) is 5.79 Å². The molecule has 1 aliphatic heterocycles. The van der Waals surface area contributed by atoms with Crippen molar-refractivity contribution in [3.05, 3.63) is 11.6 Å². The monoisotopic (exact) mass is 215 g/mol. The van der Waals surface area contributed by atoms with Crippen molar-refractivity contribution in [3.63, 3.8) is 0 Å². The van der Waals surface area contributed by atoms with E-state index < -0.39 is 5.79 Å². The molecule has 0 saturated carbocycles. The smallest absolute Gasteiger partial charge is 0.273 e. The van der Waals surface area contributed by atoms with E-state index in [1.165, 1.54) is 11.3 Å². The molecule has 1 aromatic rings. The third-order valence-electron chi connectivity index (χ3n) is 1.87. The summed E-state index contributed by atoms with van der Waals surface area (Å²) in [5.41, 5.74) is 0. The lowest BCUT2D eigenvalue weighted by Gasteiger charge is -2.16. The van der Waals surface area contributed by atoms with Gasteiger partial charge in [0.1, 0.15) is 12.7 Å². The van der Waals surface area contributed by atoms with Gasteiger partial charge < -0.3 is 14.2 Å². The van der Waals surface area contributed by atoms with Crippen LogP contribution in [0.4, 0.5) is 0 Å². The van der Waals surface area contributed by atoms with E-state index in [1.807, 2.05) is 19.2 Å². The second-order valence-corrected chi connectivity index (χ2v) is 4.42. The Morgan fingerprint density at radius 1 is 1.71 bits per heavy atom. The zero-order valence-corrected chi connectivity index (χ0v) is 9.04. The molecular weight excluding hydrogens is 202 g/mol. The lowest BCUT2D eigenvalue weighted by atomic mass is 10.4. The average Bonchev–Trinajstić information content (AvgIpc) is 2.70. The summed E-state index contributed by atoms with van der Waals surface area (Å²) in [5, 5.41) is 2.56. The molecule has 2 heterocycles. The van der Waals surface area contributed by atoms with E-state index in [1.54, 1.807) is 6.20 Å². The first-order valence-corrected chi connectivity index (χ1v) is 5.38. The minimum atomic E-state index is -0.475. The first-order valence-electron chi connectivity index (χ1n) is 4.50. The zero-order chi connectivity index (χ0) is 10.0. The Morgan fingerprint density at radius 3 is 3.14 bits per heavy atom. The van der Waals surface area contributed by atoms with E-state index in [4.69, 9.17) is 14.2 Å². The summed E-state index contributed by atoms with van der Waals surface area (Å²) in [6, 6.07) is 0. The number of rotatable bonds is 3. The van der Waals surface area contributed by atoms with Crippen LogP contribution in [0.5, 0.6) is 5.19 Å². The summed E-state index contributed by atoms with van der Waals surface area (Å²) in [6.07, 6.45) is 1.73. The number of nitrogens with zero attached hydrogens (tertiary/aromatic N) is 1. The minimum Gasteiger partial charge on any atom is -0.467 e. The highest BCUT2D eigenvalue weighted by Gasteiger charge is 2.33. The Kier molecular flexibility index (Phi) is 2.71. The molecule has 1 aromatic heterocycles. The molecule has 4 nitrogen and oxygen atoms in total. The highest BCUT2D eigenvalue weighted by Crippen LogP contribution is 2.23. The molecule has 0 aliphatic carbocycles. The average molecular weight is 215 g/mol. The number of ether oxygens (including phenoxy) is 3. The lowest BCUT2D eigenvalue weighted by Crippen LogP contribution is -2.25. The molecule has 0 amide bonds. The third kappa shape index (κ3) is 2.43. The summed E-state index contributed by atoms with van der Waals surface area (Å²) in [5.74, 6) is -0.475. The van der Waals surface area contributed by atoms with Gasteiger partial charge in [0.25, 0.3) is 5.19 Å². The van der Waals surface area contributed by atoms with Crippen LogP contribution in [0, 0.1) is 0 Å². The second-order valence-electron chi connectivity index (χ2n) is 3.56. The van der Waals surface area contributed by atoms with Crippen LogP contribution in [0.15, 0.2) is 11.6 Å². The minimum absolute atomic E-state index is 0.00824. The van der Waals surface area contributed by atoms with Crippen LogP contribution >= 0.6 is 11.3 Å². The van der Waals surface area contributed by atoms with Crippen molar-refractivity contribution in [1.29, 1.82) is 0 Å². The number of hydrogen-bond donors (Lipinski definition) is 0. The van der Waals surface area contributed by atoms with Crippen LogP contribution in [0.25, 0.3) is 0 Å². The van der Waals surface area contributed by atoms with Gasteiger partial charge in [-0.05, 0) is 13.8 Å². The largest absolute Gasteiger partial charge is 0.467 e. The van der Waals surface area contributed by atoms with E-state index in [0.717, 1.165) is 0 Å². The standard InChI is InChI=1S/C9H13NO3S/c1-9(2)12-6-7(13-9)5-11-8-10-3-4-14-8/h3-4,7H,5-6H2,1-2H3. The molecule has 2 rings (SSSR count). The van der Waals surface area contributed by atoms with E-state index in [9.17, 15) is 0 Å². The summed E-state index contributed by atoms with van der Waals surface area (Å²) in [6.45, 7) is 4.88. The molecular formula is C9H13NO3S. The predicted molar refractivity (Wildman–Crippen MR) is 52.5 cm³/mol. The molecule has 78 valence electrons. The molecule has 14 heavy (non-hydrogen) atoms. The highest BCUT2D eigenvalue weighted by atomic mass is 32.1. The Hall–Kier alpha value is -0.650. The van der Waals surface area contributed by atoms with Gasteiger partial charge >= 0.3 is 0 Å². The van der Waals surface area contributed by atoms with E-state index in [2.05, 4.69) is 4.98 Å². The number of hydrogen-bond acceptors (Lipinski definition) is 5. The topological polar surface area (TPSA) is 40.6 Å². The first kappa shape index (κ1) is 9.89. The van der Waals surface area contributed by atoms with Gasteiger partial charge in [0.05, 0.1) is 6.61 Å². The molecule has 1 atom stereocenters. The van der Waals surface area contributed by atoms with Gasteiger partial charge in [-0.25, -0.2) is 4.98 Å². The Morgan fingerprint density at radius 2 is 2.57 bits per heavy atom. The summed E-state index contributed by atoms with van der Waals surface area (Å²) >= 11 is 1.48. The van der Waals surface area contributed by atoms with Crippen molar-refractivity contribution >= 4 is 11.3 Å². The van der Waals surface area contributed by atoms with Gasteiger partial charge in [-0.1, -0.05) is 11.3 Å². The third-order valence-corrected chi connectivity index (χ3v) is 2.55. The van der Waals surface area contributed by atoms with Gasteiger partial charge in [-0.15, -0.1) is 0 Å². The summed E-state index contributed by atoms with van der Waals surface area (Å²) in [4.78, 5) is 4.01. The molecule has 5 heteroatoms. The van der Waals surface area contributed by atoms with Crippen LogP contribution < -0.4 is 4.74 Å². The van der Waals surface area contributed by atoms with E-state index in [-0.39, 0.29) is 6.10 Å². The Bertz CT molecular complexity index is 286. The fourth-order valence-corrected chi connectivity index (χ4v) is 1.79. The van der Waals surface area contributed by atoms with E-state index >= 15 is 0 Å². The molecule has 0 radical (unpaired) electrons. The number of aromatic nitrogens is 1. The van der Waals surface area contributed by atoms with E-state index in [0.29, 0.717) is 18.4 Å². The van der Waals surface area contributed by atoms with Gasteiger partial charge in [-0.2, -0.15) is 0 Å². The fraction of sp³-hybridized carbons (Fsp3) is 0.667. The summed E-state index contributed by atoms with van der Waals surface area (Å²) in [7, 11) is 0. The van der Waals surface area contributed by atoms with Gasteiger partial charge in [0, 0.05) is 11.6 Å². The maximum absolute atomic E-state index is 5.58. The van der Waals surface area contributed by atoms with Crippen molar-refractivity contribution in [2.75, 3.05) is 13.2 Å². The molecule has 1 fully saturated rings. The second kappa shape index (κ2) is 3.84. The van der Waals surface area contributed by atoms with Crippen molar-refractivity contribution in [2.45, 2.75) is 25.7 Å². The highest BCUT2D eigenvalue weighted by molar-refractivity contribution is 7.11. The molecule has 1 unspecified atom stereocenters. The zero-order valence-electron chi connectivity index (χ0n) is 8.23. The SMILES string of the molecule is CC1(C)OCC(COc2nccs2)O1. The van der Waals surface area contributed by atoms with Crippen LogP contribution in [0.1, 0.15) is 13.8 Å². The van der Waals surface area contributed by atoms with Crippen molar-refractivity contribution in [2.24, 2.45) is 0 Å². The van der Waals surface area contributed by atoms with Crippen LogP contribution in [0.3, 0.4) is 0 Å². The number of thiazole rings is 1. The lowest BCUT2D eigenvalue weighted by molar-refractivity contribution is -0.141. The van der Waals surface area contributed by atoms with Gasteiger partial charge in [-0.3, -0.25) is 0 Å². The quantitative estimate of drug-likeness (QED) is 0.769. The van der Waals surface area contributed by atoms with Crippen molar-refractivity contribution < 1.29 is 14.2 Å². The molecule has 0 spiro atoms.